The molecule has 2 unspecified atom stereocenters. The Bertz CT molecular complexity index is 1070. The van der Waals surface area contributed by atoms with Crippen LogP contribution in [-0.4, -0.2) is 60.2 Å². The number of fused-ring (bicyclic) bond motifs is 3. The lowest BCUT2D eigenvalue weighted by Gasteiger charge is -2.51. The predicted molar refractivity (Wildman–Crippen MR) is 135 cm³/mol. The van der Waals surface area contributed by atoms with Crippen molar-refractivity contribution >= 4 is 40.8 Å². The second-order valence-corrected chi connectivity index (χ2v) is 12.2. The van der Waals surface area contributed by atoms with Gasteiger partial charge in [0.05, 0.1) is 22.3 Å². The van der Waals surface area contributed by atoms with Crippen molar-refractivity contribution in [3.05, 3.63) is 57.2 Å². The maximum Gasteiger partial charge on any atom is 0.408 e. The van der Waals surface area contributed by atoms with E-state index < -0.39 is 23.7 Å². The molecule has 1 aromatic heterocycles. The number of rotatable bonds is 7. The predicted octanol–water partition coefficient (Wildman–Crippen LogP) is 5.00. The van der Waals surface area contributed by atoms with Gasteiger partial charge in [-0.05, 0) is 38.5 Å². The molecule has 3 aliphatic rings. The average Bonchev–Trinajstić information content (AvgIpc) is 3.24. The number of hydrogen-bond acceptors (Lipinski definition) is 6. The summed E-state index contributed by atoms with van der Waals surface area (Å²) in [5, 5.41) is 2.68. The second kappa shape index (κ2) is 10.3. The van der Waals surface area contributed by atoms with E-state index in [4.69, 9.17) is 21.1 Å². The lowest BCUT2D eigenvalue weighted by molar-refractivity contribution is -0.938. The zero-order chi connectivity index (χ0) is 25.2. The smallest absolute Gasteiger partial charge is 0.408 e. The van der Waals surface area contributed by atoms with Gasteiger partial charge in [-0.15, -0.1) is 11.3 Å². The molecule has 0 radical (unpaired) electrons. The number of alkyl carbamates (subject to hydrolysis) is 1. The number of nitrogens with one attached hydrogen (secondary N) is 1. The molecular weight excluding hydrogens is 488 g/mol. The number of quaternary nitrogens is 1. The van der Waals surface area contributed by atoms with Crippen LogP contribution in [0.4, 0.5) is 4.79 Å². The molecule has 35 heavy (non-hydrogen) atoms. The van der Waals surface area contributed by atoms with Crippen LogP contribution in [0.25, 0.3) is 0 Å². The number of carbonyl (C=O) groups is 3. The topological polar surface area (TPSA) is 81.7 Å². The van der Waals surface area contributed by atoms with Crippen LogP contribution < -0.4 is 5.32 Å². The molecule has 1 aromatic carbocycles. The van der Waals surface area contributed by atoms with Gasteiger partial charge >= 0.3 is 12.1 Å². The highest BCUT2D eigenvalue weighted by molar-refractivity contribution is 7.18. The molecule has 1 N–H and O–H groups in total. The zero-order valence-electron chi connectivity index (χ0n) is 20.3. The summed E-state index contributed by atoms with van der Waals surface area (Å²) >= 11 is 7.32. The molecule has 0 saturated carbocycles. The molecule has 3 saturated heterocycles. The number of carbonyl (C=O) groups excluding carboxylic acids is 3. The van der Waals surface area contributed by atoms with Gasteiger partial charge in [0.25, 0.3) is 0 Å². The standard InChI is InChI=1S/C26H31ClN2O5S/c1-26(2,3)34-25(32)28-23(18-7-5-4-6-8-18)24(31)33-20-16-29(13-11-17(20)12-14-29)15-19(30)21-9-10-22(27)35-21/h4-10,17,20,23H,11-16H2,1-3H3/p+1. The van der Waals surface area contributed by atoms with Gasteiger partial charge in [-0.25, -0.2) is 9.59 Å². The fourth-order valence-electron chi connectivity index (χ4n) is 4.99. The van der Waals surface area contributed by atoms with Gasteiger partial charge in [0, 0.05) is 18.8 Å². The summed E-state index contributed by atoms with van der Waals surface area (Å²) in [6.45, 7) is 8.05. The van der Waals surface area contributed by atoms with Gasteiger partial charge in [0.2, 0.25) is 5.78 Å². The molecule has 7 nitrogen and oxygen atoms in total. The third-order valence-corrected chi connectivity index (χ3v) is 7.94. The minimum atomic E-state index is -0.982. The van der Waals surface area contributed by atoms with Crippen molar-refractivity contribution in [3.63, 3.8) is 0 Å². The highest BCUT2D eigenvalue weighted by atomic mass is 35.5. The third-order valence-electron chi connectivity index (χ3n) is 6.67. The van der Waals surface area contributed by atoms with Crippen molar-refractivity contribution < 1.29 is 28.3 Å². The maximum absolute atomic E-state index is 13.4. The first kappa shape index (κ1) is 25.7. The Hall–Kier alpha value is -2.42. The SMILES string of the molecule is CC(C)(C)OC(=O)NC(C(=O)OC1C[N+]2(CC(=O)c3ccc(Cl)s3)CCC1CC2)c1ccccc1. The van der Waals surface area contributed by atoms with E-state index in [0.717, 1.165) is 25.9 Å². The number of esters is 1. The number of ketones is 1. The molecule has 2 aromatic rings. The second-order valence-electron chi connectivity index (χ2n) is 10.5. The van der Waals surface area contributed by atoms with Crippen LogP contribution in [0.3, 0.4) is 0 Å². The van der Waals surface area contributed by atoms with E-state index in [1.165, 1.54) is 11.3 Å². The molecular formula is C26H32ClN2O5S+. The summed E-state index contributed by atoms with van der Waals surface area (Å²) in [4.78, 5) is 39.4. The Morgan fingerprint density at radius 3 is 2.40 bits per heavy atom. The number of ether oxygens (including phenoxy) is 2. The summed E-state index contributed by atoms with van der Waals surface area (Å²) in [5.41, 5.74) is -0.0701. The van der Waals surface area contributed by atoms with E-state index in [1.807, 2.05) is 18.2 Å². The normalized spacial score (nSPS) is 24.5. The Morgan fingerprint density at radius 1 is 1.11 bits per heavy atom. The highest BCUT2D eigenvalue weighted by Crippen LogP contribution is 2.37. The third kappa shape index (κ3) is 6.42. The van der Waals surface area contributed by atoms with Crippen LogP contribution in [0, 0.1) is 5.92 Å². The molecule has 0 spiro atoms. The van der Waals surface area contributed by atoms with Crippen LogP contribution in [0.5, 0.6) is 0 Å². The number of hydrogen-bond donors (Lipinski definition) is 1. The van der Waals surface area contributed by atoms with E-state index in [-0.39, 0.29) is 17.8 Å². The Labute approximate surface area is 214 Å². The maximum atomic E-state index is 13.4. The summed E-state index contributed by atoms with van der Waals surface area (Å²) in [6.07, 6.45) is 0.801. The van der Waals surface area contributed by atoms with Gasteiger partial charge in [-0.2, -0.15) is 0 Å². The van der Waals surface area contributed by atoms with Gasteiger partial charge in [0.1, 0.15) is 18.7 Å². The quantitative estimate of drug-likeness (QED) is 0.316. The number of nitrogens with zero attached hydrogens (tertiary/aromatic N) is 1. The fourth-order valence-corrected chi connectivity index (χ4v) is 5.96. The summed E-state index contributed by atoms with van der Waals surface area (Å²) in [6, 6.07) is 11.6. The minimum Gasteiger partial charge on any atom is -0.454 e. The van der Waals surface area contributed by atoms with E-state index in [0.29, 0.717) is 32.3 Å². The first-order valence-corrected chi connectivity index (χ1v) is 13.1. The first-order valence-electron chi connectivity index (χ1n) is 11.9. The highest BCUT2D eigenvalue weighted by Gasteiger charge is 2.49. The monoisotopic (exact) mass is 519 g/mol. The van der Waals surface area contributed by atoms with Crippen LogP contribution in [0.1, 0.15) is 54.9 Å². The number of thiophene rings is 1. The van der Waals surface area contributed by atoms with E-state index >= 15 is 0 Å². The summed E-state index contributed by atoms with van der Waals surface area (Å²) < 4.78 is 12.6. The average molecular weight is 520 g/mol. The zero-order valence-corrected chi connectivity index (χ0v) is 21.9. The molecule has 2 atom stereocenters. The summed E-state index contributed by atoms with van der Waals surface area (Å²) in [5.74, 6) is -0.195. The van der Waals surface area contributed by atoms with Crippen molar-refractivity contribution in [1.82, 2.24) is 5.32 Å². The molecule has 3 aliphatic heterocycles. The van der Waals surface area contributed by atoms with Gasteiger partial charge in [-0.1, -0.05) is 41.9 Å². The van der Waals surface area contributed by atoms with Gasteiger partial charge in [0.15, 0.2) is 12.1 Å². The van der Waals surface area contributed by atoms with Crippen molar-refractivity contribution in [3.8, 4) is 0 Å². The molecule has 1 amide bonds. The minimum absolute atomic E-state index is 0.0704. The number of piperidine rings is 3. The van der Waals surface area contributed by atoms with E-state index in [9.17, 15) is 14.4 Å². The van der Waals surface area contributed by atoms with Crippen molar-refractivity contribution in [2.45, 2.75) is 51.4 Å². The van der Waals surface area contributed by atoms with Crippen LogP contribution >= 0.6 is 22.9 Å². The number of Topliss-reactive ketones (excluding diaryl/α,β-unsaturated/α-hetero) is 1. The molecule has 2 bridgehead atoms. The molecule has 0 aliphatic carbocycles. The summed E-state index contributed by atoms with van der Waals surface area (Å²) in [7, 11) is 0. The van der Waals surface area contributed by atoms with E-state index in [2.05, 4.69) is 5.32 Å². The van der Waals surface area contributed by atoms with Gasteiger partial charge < -0.3 is 19.3 Å². The fraction of sp³-hybridized carbons (Fsp3) is 0.500. The van der Waals surface area contributed by atoms with Crippen LogP contribution in [0.15, 0.2) is 42.5 Å². The van der Waals surface area contributed by atoms with Crippen molar-refractivity contribution in [2.75, 3.05) is 26.2 Å². The molecule has 4 heterocycles. The van der Waals surface area contributed by atoms with Crippen LogP contribution in [0.2, 0.25) is 4.34 Å². The number of halogens is 1. The Morgan fingerprint density at radius 2 is 1.80 bits per heavy atom. The molecule has 188 valence electrons. The largest absolute Gasteiger partial charge is 0.454 e. The van der Waals surface area contributed by atoms with Gasteiger partial charge in [-0.3, -0.25) is 4.79 Å². The number of benzene rings is 1. The lowest BCUT2D eigenvalue weighted by atomic mass is 9.83. The molecule has 5 rings (SSSR count). The first-order chi connectivity index (χ1) is 16.5. The van der Waals surface area contributed by atoms with E-state index in [1.54, 1.807) is 45.0 Å². The van der Waals surface area contributed by atoms with Crippen molar-refractivity contribution in [2.24, 2.45) is 5.92 Å². The molecule has 9 heteroatoms. The lowest BCUT2D eigenvalue weighted by Crippen LogP contribution is -2.65. The van der Waals surface area contributed by atoms with Crippen molar-refractivity contribution in [1.29, 1.82) is 0 Å². The Balaban J connectivity index is 1.46. The Kier molecular flexibility index (Phi) is 7.54. The number of amides is 1. The van der Waals surface area contributed by atoms with Crippen LogP contribution in [-0.2, 0) is 14.3 Å². The molecule has 3 fully saturated rings.